The zero-order chi connectivity index (χ0) is 19.3. The fourth-order valence-corrected chi connectivity index (χ4v) is 3.76. The molecule has 2 aromatic heterocycles. The average Bonchev–Trinajstić information content (AvgIpc) is 3.24. The Balaban J connectivity index is 1.70. The van der Waals surface area contributed by atoms with E-state index in [2.05, 4.69) is 35.5 Å². The molecule has 2 aromatic carbocycles. The summed E-state index contributed by atoms with van der Waals surface area (Å²) in [5.74, 6) is 0.537. The lowest BCUT2D eigenvalue weighted by molar-refractivity contribution is 0.566. The van der Waals surface area contributed by atoms with Crippen LogP contribution in [0.2, 0.25) is 0 Å². The predicted molar refractivity (Wildman–Crippen MR) is 107 cm³/mol. The zero-order valence-electron chi connectivity index (χ0n) is 15.8. The van der Waals surface area contributed by atoms with Gasteiger partial charge < -0.3 is 5.32 Å². The van der Waals surface area contributed by atoms with Crippen molar-refractivity contribution in [2.75, 3.05) is 11.9 Å². The highest BCUT2D eigenvalue weighted by molar-refractivity contribution is 5.76. The highest BCUT2D eigenvalue weighted by Crippen LogP contribution is 2.37. The van der Waals surface area contributed by atoms with Gasteiger partial charge in [0.25, 0.3) is 0 Å². The van der Waals surface area contributed by atoms with E-state index in [1.54, 1.807) is 0 Å². The van der Waals surface area contributed by atoms with E-state index in [0.717, 1.165) is 45.9 Å². The van der Waals surface area contributed by atoms with Crippen molar-refractivity contribution in [2.45, 2.75) is 25.7 Å². The fourth-order valence-electron chi connectivity index (χ4n) is 3.76. The molecule has 4 aromatic rings. The van der Waals surface area contributed by atoms with E-state index in [0.29, 0.717) is 6.42 Å². The number of para-hydroxylation sites is 1. The molecule has 0 bridgehead atoms. The highest BCUT2D eigenvalue weighted by Gasteiger charge is 2.33. The summed E-state index contributed by atoms with van der Waals surface area (Å²) >= 11 is 0. The molecule has 0 saturated heterocycles. The minimum atomic E-state index is -0.235. The molecular formula is C22H20FN5. The van der Waals surface area contributed by atoms with Crippen LogP contribution < -0.4 is 5.32 Å². The monoisotopic (exact) mass is 373 g/mol. The Bertz CT molecular complexity index is 1180. The predicted octanol–water partition coefficient (Wildman–Crippen LogP) is 4.25. The Morgan fingerprint density at radius 3 is 2.71 bits per heavy atom. The largest absolute Gasteiger partial charge is 0.383 e. The lowest BCUT2D eigenvalue weighted by atomic mass is 9.90. The van der Waals surface area contributed by atoms with Gasteiger partial charge in [0.2, 0.25) is 0 Å². The summed E-state index contributed by atoms with van der Waals surface area (Å²) in [6.45, 7) is 5.20. The number of aromatic nitrogens is 4. The fraction of sp³-hybridized carbons (Fsp3) is 0.227. The standard InChI is InChI=1S/C22H20FN5/c1-22(2)13-24-18-12-15(11-14-7-9-16(23)10-8-14)21(25-20(18)22)28-19-6-4-3-5-17(19)26-27-28/h3-10,12,24H,11,13H2,1-2H3. The number of anilines is 1. The molecule has 0 unspecified atom stereocenters. The van der Waals surface area contributed by atoms with Gasteiger partial charge in [-0.3, -0.25) is 0 Å². The summed E-state index contributed by atoms with van der Waals surface area (Å²) in [4.78, 5) is 5.04. The van der Waals surface area contributed by atoms with Crippen LogP contribution in [0, 0.1) is 5.82 Å². The van der Waals surface area contributed by atoms with E-state index in [1.807, 2.05) is 41.1 Å². The highest BCUT2D eigenvalue weighted by atomic mass is 19.1. The molecule has 0 atom stereocenters. The van der Waals surface area contributed by atoms with Crippen molar-refractivity contribution in [1.82, 2.24) is 20.0 Å². The lowest BCUT2D eigenvalue weighted by Crippen LogP contribution is -2.21. The minimum Gasteiger partial charge on any atom is -0.383 e. The summed E-state index contributed by atoms with van der Waals surface area (Å²) in [7, 11) is 0. The zero-order valence-corrected chi connectivity index (χ0v) is 15.8. The first kappa shape index (κ1) is 16.9. The molecule has 3 heterocycles. The van der Waals surface area contributed by atoms with Crippen molar-refractivity contribution in [2.24, 2.45) is 0 Å². The third kappa shape index (κ3) is 2.72. The molecule has 140 valence electrons. The normalized spacial score (nSPS) is 14.8. The van der Waals surface area contributed by atoms with Crippen molar-refractivity contribution in [1.29, 1.82) is 0 Å². The SMILES string of the molecule is CC1(C)CNc2cc(Cc3ccc(F)cc3)c(-n3nnc4ccccc43)nc21. The van der Waals surface area contributed by atoms with Gasteiger partial charge in [-0.1, -0.05) is 43.3 Å². The number of rotatable bonds is 3. The van der Waals surface area contributed by atoms with Gasteiger partial charge in [-0.25, -0.2) is 9.37 Å². The average molecular weight is 373 g/mol. The molecule has 5 nitrogen and oxygen atoms in total. The Morgan fingerprint density at radius 2 is 1.89 bits per heavy atom. The minimum absolute atomic E-state index is 0.0606. The van der Waals surface area contributed by atoms with Gasteiger partial charge in [0.1, 0.15) is 11.3 Å². The molecule has 0 fully saturated rings. The number of nitrogens with zero attached hydrogens (tertiary/aromatic N) is 4. The maximum atomic E-state index is 13.3. The van der Waals surface area contributed by atoms with Crippen LogP contribution in [0.25, 0.3) is 16.9 Å². The van der Waals surface area contributed by atoms with Crippen LogP contribution in [-0.4, -0.2) is 26.5 Å². The van der Waals surface area contributed by atoms with Crippen LogP contribution in [0.5, 0.6) is 0 Å². The van der Waals surface area contributed by atoms with E-state index in [1.165, 1.54) is 12.1 Å². The van der Waals surface area contributed by atoms with Gasteiger partial charge >= 0.3 is 0 Å². The maximum Gasteiger partial charge on any atom is 0.159 e. The number of hydrogen-bond donors (Lipinski definition) is 1. The van der Waals surface area contributed by atoms with Gasteiger partial charge in [-0.15, -0.1) is 5.10 Å². The van der Waals surface area contributed by atoms with Gasteiger partial charge in [-0.2, -0.15) is 4.68 Å². The summed E-state index contributed by atoms with van der Waals surface area (Å²) < 4.78 is 15.1. The molecule has 1 aliphatic heterocycles. The summed E-state index contributed by atoms with van der Waals surface area (Å²) in [6.07, 6.45) is 0.631. The Labute approximate surface area is 162 Å². The summed E-state index contributed by atoms with van der Waals surface area (Å²) in [6, 6.07) is 16.6. The van der Waals surface area contributed by atoms with Crippen molar-refractivity contribution in [3.05, 3.63) is 77.2 Å². The van der Waals surface area contributed by atoms with E-state index >= 15 is 0 Å². The number of pyridine rings is 1. The summed E-state index contributed by atoms with van der Waals surface area (Å²) in [5.41, 5.74) is 5.81. The second kappa shape index (κ2) is 6.12. The summed E-state index contributed by atoms with van der Waals surface area (Å²) in [5, 5.41) is 12.1. The Morgan fingerprint density at radius 1 is 1.11 bits per heavy atom. The van der Waals surface area contributed by atoms with E-state index in [9.17, 15) is 4.39 Å². The molecule has 28 heavy (non-hydrogen) atoms. The Hall–Kier alpha value is -3.28. The third-order valence-electron chi connectivity index (χ3n) is 5.30. The number of hydrogen-bond acceptors (Lipinski definition) is 4. The van der Waals surface area contributed by atoms with Gasteiger partial charge in [0, 0.05) is 23.9 Å². The maximum absolute atomic E-state index is 13.3. The topological polar surface area (TPSA) is 55.6 Å². The lowest BCUT2D eigenvalue weighted by Gasteiger charge is -2.18. The molecular weight excluding hydrogens is 353 g/mol. The number of benzene rings is 2. The Kier molecular flexibility index (Phi) is 3.69. The second-order valence-electron chi connectivity index (χ2n) is 7.90. The molecule has 1 N–H and O–H groups in total. The van der Waals surface area contributed by atoms with Gasteiger partial charge in [0.15, 0.2) is 5.82 Å². The van der Waals surface area contributed by atoms with E-state index in [4.69, 9.17) is 4.98 Å². The molecule has 5 rings (SSSR count). The number of fused-ring (bicyclic) bond motifs is 2. The van der Waals surface area contributed by atoms with Crippen LogP contribution in [0.3, 0.4) is 0 Å². The smallest absolute Gasteiger partial charge is 0.159 e. The molecule has 0 aliphatic carbocycles. The molecule has 0 radical (unpaired) electrons. The number of halogens is 1. The van der Waals surface area contributed by atoms with Crippen molar-refractivity contribution < 1.29 is 4.39 Å². The quantitative estimate of drug-likeness (QED) is 0.583. The first-order valence-electron chi connectivity index (χ1n) is 9.35. The van der Waals surface area contributed by atoms with Crippen LogP contribution >= 0.6 is 0 Å². The third-order valence-corrected chi connectivity index (χ3v) is 5.30. The van der Waals surface area contributed by atoms with Crippen LogP contribution in [0.4, 0.5) is 10.1 Å². The van der Waals surface area contributed by atoms with Crippen molar-refractivity contribution in [3.8, 4) is 5.82 Å². The van der Waals surface area contributed by atoms with Crippen molar-refractivity contribution in [3.63, 3.8) is 0 Å². The van der Waals surface area contributed by atoms with Crippen molar-refractivity contribution >= 4 is 16.7 Å². The van der Waals surface area contributed by atoms with E-state index < -0.39 is 0 Å². The van der Waals surface area contributed by atoms with E-state index in [-0.39, 0.29) is 11.2 Å². The molecule has 6 heteroatoms. The number of nitrogens with one attached hydrogen (secondary N) is 1. The molecule has 1 aliphatic rings. The van der Waals surface area contributed by atoms with Gasteiger partial charge in [-0.05, 0) is 35.9 Å². The first-order valence-corrected chi connectivity index (χ1v) is 9.35. The molecule has 0 saturated carbocycles. The first-order chi connectivity index (χ1) is 13.5. The van der Waals surface area contributed by atoms with Crippen LogP contribution in [-0.2, 0) is 11.8 Å². The van der Waals surface area contributed by atoms with Gasteiger partial charge in [0.05, 0.1) is 16.9 Å². The molecule has 0 spiro atoms. The van der Waals surface area contributed by atoms with Crippen LogP contribution in [0.1, 0.15) is 30.7 Å². The van der Waals surface area contributed by atoms with Crippen LogP contribution in [0.15, 0.2) is 54.6 Å². The second-order valence-corrected chi connectivity index (χ2v) is 7.90. The molecule has 0 amide bonds.